The summed E-state index contributed by atoms with van der Waals surface area (Å²) in [5, 5.41) is 17.4. The lowest BCUT2D eigenvalue weighted by Gasteiger charge is -2.23. The smallest absolute Gasteiger partial charge is 0.264 e. The normalized spacial score (nSPS) is 13.4. The van der Waals surface area contributed by atoms with E-state index in [0.29, 0.717) is 11.0 Å². The van der Waals surface area contributed by atoms with Gasteiger partial charge in [0.2, 0.25) is 0 Å². The van der Waals surface area contributed by atoms with Gasteiger partial charge in [0.05, 0.1) is 12.7 Å². The summed E-state index contributed by atoms with van der Waals surface area (Å²) in [5.74, 6) is -0.637. The zero-order valence-electron chi connectivity index (χ0n) is 15.0. The van der Waals surface area contributed by atoms with Crippen LogP contribution in [-0.2, 0) is 24.9 Å². The minimum Gasteiger partial charge on any atom is -0.378 e. The number of aromatic nitrogens is 5. The van der Waals surface area contributed by atoms with Crippen molar-refractivity contribution in [1.29, 1.82) is 0 Å². The molecule has 0 aliphatic heterocycles. The molecule has 0 saturated heterocycles. The summed E-state index contributed by atoms with van der Waals surface area (Å²) >= 11 is 0. The Morgan fingerprint density at radius 1 is 1.30 bits per heavy atom. The van der Waals surface area contributed by atoms with Crippen LogP contribution in [0.5, 0.6) is 0 Å². The molecule has 0 spiro atoms. The number of aryl methyl sites for hydroxylation is 1. The van der Waals surface area contributed by atoms with Crippen LogP contribution < -0.4 is 16.4 Å². The number of pyridine rings is 1. The molecule has 10 nitrogen and oxygen atoms in total. The molecule has 27 heavy (non-hydrogen) atoms. The Labute approximate surface area is 153 Å². The minimum atomic E-state index is -1.78. The molecule has 1 atom stereocenters. The van der Waals surface area contributed by atoms with Gasteiger partial charge in [0.1, 0.15) is 11.7 Å². The summed E-state index contributed by atoms with van der Waals surface area (Å²) in [6, 6.07) is 4.57. The van der Waals surface area contributed by atoms with Crippen molar-refractivity contribution in [3.63, 3.8) is 0 Å². The lowest BCUT2D eigenvalue weighted by Crippen LogP contribution is -2.49. The molecule has 3 rings (SSSR count). The predicted octanol–water partition coefficient (Wildman–Crippen LogP) is -1.14. The summed E-state index contributed by atoms with van der Waals surface area (Å²) in [5.41, 5.74) is -1.86. The van der Waals surface area contributed by atoms with Crippen LogP contribution in [0.25, 0.3) is 11.0 Å². The van der Waals surface area contributed by atoms with Crippen LogP contribution in [0.2, 0.25) is 0 Å². The lowest BCUT2D eigenvalue weighted by atomic mass is 10.1. The van der Waals surface area contributed by atoms with E-state index in [1.54, 1.807) is 19.2 Å². The highest BCUT2D eigenvalue weighted by Crippen LogP contribution is 2.06. The SMILES string of the molecule is Cn1ncc2c(=O)n(CCNC(=O)C(C)(O)Cn3ccccc3=O)cnc21. The second-order valence-electron chi connectivity index (χ2n) is 6.45. The summed E-state index contributed by atoms with van der Waals surface area (Å²) in [4.78, 5) is 40.6. The Morgan fingerprint density at radius 3 is 2.81 bits per heavy atom. The molecule has 0 aliphatic carbocycles. The lowest BCUT2D eigenvalue weighted by molar-refractivity contribution is -0.139. The molecule has 1 amide bonds. The summed E-state index contributed by atoms with van der Waals surface area (Å²) in [6.45, 7) is 1.45. The number of hydrogen-bond donors (Lipinski definition) is 2. The molecule has 0 radical (unpaired) electrons. The third kappa shape index (κ3) is 3.80. The third-order valence-corrected chi connectivity index (χ3v) is 4.22. The first kappa shape index (κ1) is 18.5. The number of hydrogen-bond acceptors (Lipinski definition) is 6. The van der Waals surface area contributed by atoms with Crippen LogP contribution >= 0.6 is 0 Å². The second kappa shape index (κ2) is 7.16. The number of fused-ring (bicyclic) bond motifs is 1. The topological polar surface area (TPSA) is 124 Å². The molecule has 142 valence electrons. The van der Waals surface area contributed by atoms with E-state index in [2.05, 4.69) is 15.4 Å². The maximum absolute atomic E-state index is 12.4. The average molecular weight is 372 g/mol. The molecular formula is C17H20N6O4. The van der Waals surface area contributed by atoms with Gasteiger partial charge in [0.15, 0.2) is 11.2 Å². The first-order valence-corrected chi connectivity index (χ1v) is 8.33. The number of nitrogens with one attached hydrogen (secondary N) is 1. The monoisotopic (exact) mass is 372 g/mol. The number of nitrogens with zero attached hydrogens (tertiary/aromatic N) is 5. The first-order chi connectivity index (χ1) is 12.8. The van der Waals surface area contributed by atoms with Gasteiger partial charge in [-0.25, -0.2) is 4.98 Å². The van der Waals surface area contributed by atoms with Gasteiger partial charge in [-0.15, -0.1) is 0 Å². The van der Waals surface area contributed by atoms with E-state index in [0.717, 1.165) is 0 Å². The molecule has 0 saturated carbocycles. The Balaban J connectivity index is 1.64. The summed E-state index contributed by atoms with van der Waals surface area (Å²) in [6.07, 6.45) is 4.33. The summed E-state index contributed by atoms with van der Waals surface area (Å²) < 4.78 is 4.12. The van der Waals surface area contributed by atoms with E-state index in [4.69, 9.17) is 0 Å². The van der Waals surface area contributed by atoms with Gasteiger partial charge in [0.25, 0.3) is 17.0 Å². The van der Waals surface area contributed by atoms with E-state index in [1.807, 2.05) is 0 Å². The fraction of sp³-hybridized carbons (Fsp3) is 0.353. The highest BCUT2D eigenvalue weighted by atomic mass is 16.3. The van der Waals surface area contributed by atoms with Gasteiger partial charge >= 0.3 is 0 Å². The largest absolute Gasteiger partial charge is 0.378 e. The standard InChI is InChI=1S/C17H20N6O4/c1-17(27,10-22-7-4-3-5-13(22)24)16(26)18-6-8-23-11-19-14-12(15(23)25)9-20-21(14)2/h3-5,7,9,11,27H,6,8,10H2,1-2H3,(H,18,26). The van der Waals surface area contributed by atoms with Crippen molar-refractivity contribution in [2.24, 2.45) is 7.05 Å². The highest BCUT2D eigenvalue weighted by Gasteiger charge is 2.30. The first-order valence-electron chi connectivity index (χ1n) is 8.33. The molecule has 2 N–H and O–H groups in total. The minimum absolute atomic E-state index is 0.117. The second-order valence-corrected chi connectivity index (χ2v) is 6.45. The molecule has 0 aromatic carbocycles. The molecule has 3 aromatic heterocycles. The molecule has 10 heteroatoms. The predicted molar refractivity (Wildman–Crippen MR) is 97.1 cm³/mol. The zero-order valence-corrected chi connectivity index (χ0v) is 15.0. The molecule has 3 aromatic rings. The Hall–Kier alpha value is -3.27. The Bertz CT molecular complexity index is 1090. The van der Waals surface area contributed by atoms with Crippen molar-refractivity contribution >= 4 is 16.9 Å². The maximum Gasteiger partial charge on any atom is 0.264 e. The van der Waals surface area contributed by atoms with Gasteiger partial charge in [-0.05, 0) is 13.0 Å². The fourth-order valence-electron chi connectivity index (χ4n) is 2.70. The van der Waals surface area contributed by atoms with E-state index >= 15 is 0 Å². The molecule has 3 heterocycles. The molecule has 0 fully saturated rings. The van der Waals surface area contributed by atoms with Crippen molar-refractivity contribution in [2.45, 2.75) is 25.6 Å². The van der Waals surface area contributed by atoms with Crippen LogP contribution in [0.3, 0.4) is 0 Å². The van der Waals surface area contributed by atoms with E-state index in [-0.39, 0.29) is 30.8 Å². The van der Waals surface area contributed by atoms with Crippen molar-refractivity contribution in [1.82, 2.24) is 29.2 Å². The van der Waals surface area contributed by atoms with Crippen LogP contribution in [0, 0.1) is 0 Å². The maximum atomic E-state index is 12.4. The Morgan fingerprint density at radius 2 is 2.07 bits per heavy atom. The summed E-state index contributed by atoms with van der Waals surface area (Å²) in [7, 11) is 1.69. The van der Waals surface area contributed by atoms with Gasteiger partial charge in [-0.1, -0.05) is 6.07 Å². The van der Waals surface area contributed by atoms with Crippen molar-refractivity contribution in [2.75, 3.05) is 6.54 Å². The van der Waals surface area contributed by atoms with E-state index < -0.39 is 11.5 Å². The van der Waals surface area contributed by atoms with Crippen LogP contribution in [0.1, 0.15) is 6.92 Å². The number of amides is 1. The van der Waals surface area contributed by atoms with Crippen LogP contribution in [0.4, 0.5) is 0 Å². The van der Waals surface area contributed by atoms with Crippen molar-refractivity contribution in [3.05, 3.63) is 57.6 Å². The van der Waals surface area contributed by atoms with Gasteiger partial charge < -0.3 is 15.0 Å². The number of carbonyl (C=O) groups is 1. The quantitative estimate of drug-likeness (QED) is 0.564. The van der Waals surface area contributed by atoms with Gasteiger partial charge in [-0.3, -0.25) is 23.6 Å². The number of carbonyl (C=O) groups excluding carboxylic acids is 1. The molecule has 0 aliphatic rings. The van der Waals surface area contributed by atoms with E-state index in [1.165, 1.54) is 45.5 Å². The molecule has 0 bridgehead atoms. The zero-order chi connectivity index (χ0) is 19.6. The number of rotatable bonds is 6. The fourth-order valence-corrected chi connectivity index (χ4v) is 2.70. The van der Waals surface area contributed by atoms with Crippen LogP contribution in [0.15, 0.2) is 46.5 Å². The molecular weight excluding hydrogens is 352 g/mol. The van der Waals surface area contributed by atoms with Gasteiger partial charge in [0, 0.05) is 32.4 Å². The Kier molecular flexibility index (Phi) is 4.91. The van der Waals surface area contributed by atoms with Crippen molar-refractivity contribution in [3.8, 4) is 0 Å². The molecule has 1 unspecified atom stereocenters. The van der Waals surface area contributed by atoms with Crippen LogP contribution in [-0.4, -0.2) is 47.1 Å². The van der Waals surface area contributed by atoms with Gasteiger partial charge in [-0.2, -0.15) is 5.10 Å². The van der Waals surface area contributed by atoms with E-state index in [9.17, 15) is 19.5 Å². The number of aliphatic hydroxyl groups is 1. The average Bonchev–Trinajstić information content (AvgIpc) is 3.00. The third-order valence-electron chi connectivity index (χ3n) is 4.22. The highest BCUT2D eigenvalue weighted by molar-refractivity contribution is 5.84. The van der Waals surface area contributed by atoms with Crippen molar-refractivity contribution < 1.29 is 9.90 Å².